The average Bonchev–Trinajstić information content (AvgIpc) is 3.76. The zero-order chi connectivity index (χ0) is 38.0. The molecule has 0 spiro atoms. The number of amides is 1. The summed E-state index contributed by atoms with van der Waals surface area (Å²) in [7, 11) is -6.20. The van der Waals surface area contributed by atoms with Gasteiger partial charge in [-0.05, 0) is 79.8 Å². The van der Waals surface area contributed by atoms with Crippen LogP contribution in [-0.2, 0) is 39.7 Å². The van der Waals surface area contributed by atoms with E-state index in [1.54, 1.807) is 67.6 Å². The Morgan fingerprint density at radius 1 is 0.981 bits per heavy atom. The second-order valence-corrected chi connectivity index (χ2v) is 17.1. The van der Waals surface area contributed by atoms with Gasteiger partial charge in [0, 0.05) is 13.1 Å². The van der Waals surface area contributed by atoms with Crippen LogP contribution in [-0.4, -0.2) is 94.8 Å². The van der Waals surface area contributed by atoms with Gasteiger partial charge in [-0.25, -0.2) is 17.8 Å². The van der Waals surface area contributed by atoms with Gasteiger partial charge >= 0.3 is 13.7 Å². The van der Waals surface area contributed by atoms with Crippen molar-refractivity contribution in [3.8, 4) is 17.2 Å². The average molecular weight is 777 g/mol. The number of carbonyl (C=O) groups is 1. The normalized spacial score (nSPS) is 20.7. The van der Waals surface area contributed by atoms with Crippen molar-refractivity contribution in [1.82, 2.24) is 9.62 Å². The molecule has 3 aromatic carbocycles. The molecular weight excluding hydrogens is 727 g/mol. The zero-order valence-corrected chi connectivity index (χ0v) is 32.1. The zero-order valence-electron chi connectivity index (χ0n) is 30.4. The number of nitrogens with one attached hydrogen (secondary N) is 1. The molecule has 0 radical (unpaired) electrons. The third-order valence-corrected chi connectivity index (χ3v) is 12.2. The van der Waals surface area contributed by atoms with Crippen molar-refractivity contribution in [3.63, 3.8) is 0 Å². The molecule has 290 valence electrons. The fraction of sp³-hybridized carbons (Fsp3) is 0.486. The Balaban J connectivity index is 1.31. The molecule has 2 N–H and O–H groups in total. The van der Waals surface area contributed by atoms with Gasteiger partial charge < -0.3 is 38.6 Å². The van der Waals surface area contributed by atoms with E-state index in [1.165, 1.54) is 23.5 Å². The minimum absolute atomic E-state index is 0.0447. The lowest BCUT2D eigenvalue weighted by Crippen LogP contribution is -2.51. The number of alkyl carbamates (subject to hydrolysis) is 1. The van der Waals surface area contributed by atoms with Crippen molar-refractivity contribution in [2.75, 3.05) is 46.4 Å². The lowest BCUT2D eigenvalue weighted by Gasteiger charge is -2.31. The van der Waals surface area contributed by atoms with Crippen LogP contribution in [0.4, 0.5) is 4.79 Å². The smallest absolute Gasteiger partial charge is 0.416 e. The minimum Gasteiger partial charge on any atom is -0.497 e. The van der Waals surface area contributed by atoms with Gasteiger partial charge in [-0.3, -0.25) is 4.52 Å². The topological polar surface area (TPSA) is 168 Å². The summed E-state index contributed by atoms with van der Waals surface area (Å²) in [6.07, 6.45) is -2.60. The standard InChI is InChI=1S/C37H49N2O12PS/c1-5-49-52(42,51-30-9-7-6-8-10-30)25-48-29-13-11-27(12-14-29)21-33(38-37(41)50-35-24-47-36-32(35)19-20-46-36)34(40)23-39(22-26(2)3)53(43,44)31-17-15-28(45-4)16-18-31/h6-18,26,32-36,40H,5,19-25H2,1-4H3,(H,38,41)/t32?,33-,34+,35-,36+,52?/m0/s1. The second-order valence-electron chi connectivity index (χ2n) is 13.2. The SMILES string of the molecule is CCOP(=O)(COc1ccc(C[C@H](NC(=O)O[C@H]2CO[C@H]3OCCC32)[C@H](O)CN(CC(C)C)S(=O)(=O)c2ccc(OC)cc2)cc1)Oc1ccccc1. The molecule has 0 aromatic heterocycles. The number of methoxy groups -OCH3 is 1. The van der Waals surface area contributed by atoms with Crippen molar-refractivity contribution in [3.05, 3.63) is 84.4 Å². The van der Waals surface area contributed by atoms with Gasteiger partial charge in [0.2, 0.25) is 16.4 Å². The highest BCUT2D eigenvalue weighted by Gasteiger charge is 2.44. The number of fused-ring (bicyclic) bond motifs is 1. The first kappa shape index (κ1) is 40.5. The quantitative estimate of drug-likeness (QED) is 0.148. The van der Waals surface area contributed by atoms with Crippen molar-refractivity contribution in [2.45, 2.75) is 63.0 Å². The van der Waals surface area contributed by atoms with Gasteiger partial charge in [-0.15, -0.1) is 0 Å². The molecule has 5 rings (SSSR count). The summed E-state index contributed by atoms with van der Waals surface area (Å²) < 4.78 is 81.2. The first-order chi connectivity index (χ1) is 25.4. The summed E-state index contributed by atoms with van der Waals surface area (Å²) in [4.78, 5) is 13.3. The van der Waals surface area contributed by atoms with E-state index in [9.17, 15) is 22.9 Å². The van der Waals surface area contributed by atoms with Crippen LogP contribution in [0.1, 0.15) is 32.8 Å². The molecule has 14 nitrogen and oxygen atoms in total. The molecule has 2 saturated heterocycles. The van der Waals surface area contributed by atoms with Crippen LogP contribution in [0.15, 0.2) is 83.8 Å². The molecule has 0 saturated carbocycles. The fourth-order valence-electron chi connectivity index (χ4n) is 6.12. The Morgan fingerprint density at radius 3 is 2.34 bits per heavy atom. The van der Waals surface area contributed by atoms with E-state index in [1.807, 2.05) is 19.9 Å². The molecule has 16 heteroatoms. The number of ether oxygens (including phenoxy) is 5. The first-order valence-electron chi connectivity index (χ1n) is 17.6. The van der Waals surface area contributed by atoms with Crippen molar-refractivity contribution >= 4 is 23.7 Å². The lowest BCUT2D eigenvalue weighted by atomic mass is 10.0. The predicted molar refractivity (Wildman–Crippen MR) is 196 cm³/mol. The largest absolute Gasteiger partial charge is 0.497 e. The summed E-state index contributed by atoms with van der Waals surface area (Å²) in [6, 6.07) is 20.5. The summed E-state index contributed by atoms with van der Waals surface area (Å²) in [5.74, 6) is 1.12. The number of nitrogens with zero attached hydrogens (tertiary/aromatic N) is 1. The third kappa shape index (κ3) is 11.2. The Labute approximate surface area is 311 Å². The molecule has 2 fully saturated rings. The summed E-state index contributed by atoms with van der Waals surface area (Å²) in [6.45, 7) is 6.14. The summed E-state index contributed by atoms with van der Waals surface area (Å²) in [5, 5.41) is 14.5. The maximum atomic E-state index is 13.8. The van der Waals surface area contributed by atoms with E-state index in [2.05, 4.69) is 5.32 Å². The van der Waals surface area contributed by atoms with E-state index in [0.29, 0.717) is 35.8 Å². The molecule has 2 aliphatic heterocycles. The number of hydrogen-bond donors (Lipinski definition) is 2. The summed E-state index contributed by atoms with van der Waals surface area (Å²) in [5.41, 5.74) is 0.692. The Bertz CT molecular complexity index is 1760. The van der Waals surface area contributed by atoms with Crippen LogP contribution < -0.4 is 19.3 Å². The van der Waals surface area contributed by atoms with E-state index >= 15 is 0 Å². The van der Waals surface area contributed by atoms with Crippen LogP contribution in [0.3, 0.4) is 0 Å². The second kappa shape index (κ2) is 18.6. The maximum absolute atomic E-state index is 13.8. The molecule has 53 heavy (non-hydrogen) atoms. The highest BCUT2D eigenvalue weighted by molar-refractivity contribution is 7.89. The number of aliphatic hydroxyl groups is 1. The molecule has 1 amide bonds. The summed E-state index contributed by atoms with van der Waals surface area (Å²) >= 11 is 0. The van der Waals surface area contributed by atoms with Gasteiger partial charge in [0.25, 0.3) is 0 Å². The van der Waals surface area contributed by atoms with Gasteiger partial charge in [-0.2, -0.15) is 4.31 Å². The minimum atomic E-state index is -4.04. The number of rotatable bonds is 19. The number of hydrogen-bond acceptors (Lipinski definition) is 12. The number of sulfonamides is 1. The van der Waals surface area contributed by atoms with E-state index < -0.39 is 48.3 Å². The molecule has 0 bridgehead atoms. The van der Waals surface area contributed by atoms with Crippen molar-refractivity contribution in [1.29, 1.82) is 0 Å². The van der Waals surface area contributed by atoms with E-state index in [0.717, 1.165) is 0 Å². The van der Waals surface area contributed by atoms with Crippen molar-refractivity contribution in [2.24, 2.45) is 11.8 Å². The van der Waals surface area contributed by atoms with E-state index in [-0.39, 0.29) is 55.8 Å². The number of aliphatic hydroxyl groups excluding tert-OH is 1. The molecule has 2 unspecified atom stereocenters. The number of benzene rings is 3. The van der Waals surface area contributed by atoms with Crippen LogP contribution in [0, 0.1) is 11.8 Å². The molecule has 2 heterocycles. The Kier molecular flexibility index (Phi) is 14.2. The third-order valence-electron chi connectivity index (χ3n) is 8.75. The molecule has 6 atom stereocenters. The molecule has 0 aliphatic carbocycles. The van der Waals surface area contributed by atoms with Crippen LogP contribution in [0.2, 0.25) is 0 Å². The van der Waals surface area contributed by atoms with Gasteiger partial charge in [0.15, 0.2) is 6.29 Å². The molecule has 2 aliphatic rings. The van der Waals surface area contributed by atoms with E-state index in [4.69, 9.17) is 32.7 Å². The highest BCUT2D eigenvalue weighted by atomic mass is 32.2. The van der Waals surface area contributed by atoms with Gasteiger partial charge in [-0.1, -0.05) is 44.2 Å². The van der Waals surface area contributed by atoms with Gasteiger partial charge in [0.05, 0.1) is 49.9 Å². The lowest BCUT2D eigenvalue weighted by molar-refractivity contribution is -0.0907. The van der Waals surface area contributed by atoms with Crippen LogP contribution >= 0.6 is 7.60 Å². The maximum Gasteiger partial charge on any atom is 0.416 e. The highest BCUT2D eigenvalue weighted by Crippen LogP contribution is 2.48. The first-order valence-corrected chi connectivity index (χ1v) is 20.8. The molecule has 3 aromatic rings. The monoisotopic (exact) mass is 776 g/mol. The fourth-order valence-corrected chi connectivity index (χ4v) is 9.07. The molecular formula is C37H49N2O12PS. The predicted octanol–water partition coefficient (Wildman–Crippen LogP) is 5.45. The van der Waals surface area contributed by atoms with Gasteiger partial charge in [0.1, 0.15) is 23.4 Å². The van der Waals surface area contributed by atoms with Crippen molar-refractivity contribution < 1.29 is 55.6 Å². The Hall–Kier alpha value is -3.69. The Morgan fingerprint density at radius 2 is 1.68 bits per heavy atom. The number of carbonyl (C=O) groups excluding carboxylic acids is 1. The van der Waals surface area contributed by atoms with Crippen LogP contribution in [0.25, 0.3) is 0 Å². The van der Waals surface area contributed by atoms with Crippen LogP contribution in [0.5, 0.6) is 17.2 Å². The number of para-hydroxylation sites is 1.